The molecule has 208 valence electrons. The first-order chi connectivity index (χ1) is 19.2. The molecule has 0 saturated heterocycles. The molecule has 1 aromatic heterocycles. The fraction of sp³-hybridized carbons (Fsp3) is 0.207. The summed E-state index contributed by atoms with van der Waals surface area (Å²) in [5, 5.41) is 2.87. The van der Waals surface area contributed by atoms with Crippen molar-refractivity contribution in [3.05, 3.63) is 116 Å². The van der Waals surface area contributed by atoms with Crippen LogP contribution in [0.15, 0.2) is 83.1 Å². The highest BCUT2D eigenvalue weighted by Gasteiger charge is 2.36. The van der Waals surface area contributed by atoms with Gasteiger partial charge in [-0.25, -0.2) is 12.8 Å². The van der Waals surface area contributed by atoms with E-state index in [-0.39, 0.29) is 17.3 Å². The van der Waals surface area contributed by atoms with Crippen molar-refractivity contribution in [2.75, 3.05) is 20.2 Å². The van der Waals surface area contributed by atoms with E-state index >= 15 is 0 Å². The van der Waals surface area contributed by atoms with Crippen molar-refractivity contribution in [3.8, 4) is 5.75 Å². The summed E-state index contributed by atoms with van der Waals surface area (Å²) in [5.74, 6) is -0.318. The first kappa shape index (κ1) is 28.6. The molecule has 1 aliphatic heterocycles. The molecule has 2 heterocycles. The third-order valence-electron chi connectivity index (χ3n) is 6.82. The van der Waals surface area contributed by atoms with Crippen LogP contribution in [0.2, 0.25) is 10.0 Å². The standard InChI is InChI=1S/C29H25Cl2FN2O4S2/c1-38-22-7-9-23(10-8-22)40(36,37)33(17-19-2-5-21(32)6-3-19)18-28(35)34-14-12-27-25(13-15-39-27)29(34)24-11-4-20(30)16-26(24)31/h2-11,13,15-16,29H,12,14,17-18H2,1H3. The van der Waals surface area contributed by atoms with Crippen molar-refractivity contribution in [2.24, 2.45) is 0 Å². The quantitative estimate of drug-likeness (QED) is 0.224. The molecule has 6 nitrogen and oxygen atoms in total. The number of sulfonamides is 1. The number of fused-ring (bicyclic) bond motifs is 1. The van der Waals surface area contributed by atoms with Crippen LogP contribution in [0.1, 0.15) is 27.6 Å². The number of hydrogen-bond acceptors (Lipinski definition) is 5. The van der Waals surface area contributed by atoms with Crippen molar-refractivity contribution in [3.63, 3.8) is 0 Å². The van der Waals surface area contributed by atoms with E-state index in [1.165, 1.54) is 43.5 Å². The number of carbonyl (C=O) groups is 1. The Balaban J connectivity index is 1.51. The summed E-state index contributed by atoms with van der Waals surface area (Å²) in [5.41, 5.74) is 2.21. The smallest absolute Gasteiger partial charge is 0.243 e. The van der Waals surface area contributed by atoms with Crippen molar-refractivity contribution < 1.29 is 22.3 Å². The highest BCUT2D eigenvalue weighted by Crippen LogP contribution is 2.41. The van der Waals surface area contributed by atoms with Crippen LogP contribution in [0.4, 0.5) is 4.39 Å². The molecule has 3 aromatic carbocycles. The molecule has 1 unspecified atom stereocenters. The van der Waals surface area contributed by atoms with Gasteiger partial charge in [0.25, 0.3) is 0 Å². The molecule has 0 N–H and O–H groups in total. The molecule has 0 spiro atoms. The Morgan fingerprint density at radius 3 is 2.45 bits per heavy atom. The number of carbonyl (C=O) groups excluding carboxylic acids is 1. The van der Waals surface area contributed by atoms with E-state index in [1.54, 1.807) is 46.6 Å². The summed E-state index contributed by atoms with van der Waals surface area (Å²) < 4.78 is 47.5. The molecule has 0 aliphatic carbocycles. The van der Waals surface area contributed by atoms with E-state index in [0.717, 1.165) is 14.7 Å². The van der Waals surface area contributed by atoms with Gasteiger partial charge < -0.3 is 9.64 Å². The first-order valence-corrected chi connectivity index (χ1v) is 15.4. The van der Waals surface area contributed by atoms with Gasteiger partial charge >= 0.3 is 0 Å². The molecule has 11 heteroatoms. The molecule has 0 fully saturated rings. The summed E-state index contributed by atoms with van der Waals surface area (Å²) in [4.78, 5) is 16.8. The van der Waals surface area contributed by atoms with E-state index in [1.807, 2.05) is 11.4 Å². The third kappa shape index (κ3) is 5.89. The van der Waals surface area contributed by atoms with Gasteiger partial charge in [0.15, 0.2) is 0 Å². The SMILES string of the molecule is COc1ccc(S(=O)(=O)N(CC(=O)N2CCc3sccc3C2c2ccc(Cl)cc2Cl)Cc2ccc(F)cc2)cc1. The minimum Gasteiger partial charge on any atom is -0.497 e. The van der Waals surface area contributed by atoms with Crippen LogP contribution in [-0.2, 0) is 27.8 Å². The zero-order valence-corrected chi connectivity index (χ0v) is 24.5. The molecule has 40 heavy (non-hydrogen) atoms. The van der Waals surface area contributed by atoms with Crippen molar-refractivity contribution in [1.29, 1.82) is 0 Å². The lowest BCUT2D eigenvalue weighted by Gasteiger charge is -2.38. The fourth-order valence-corrected chi connectivity index (χ4v) is 7.59. The fourth-order valence-electron chi connectivity index (χ4n) is 4.80. The predicted octanol–water partition coefficient (Wildman–Crippen LogP) is 6.57. The summed E-state index contributed by atoms with van der Waals surface area (Å²) in [6.07, 6.45) is 0.643. The number of ether oxygens (including phenoxy) is 1. The second-order valence-electron chi connectivity index (χ2n) is 9.28. The lowest BCUT2D eigenvalue weighted by molar-refractivity contribution is -0.133. The van der Waals surface area contributed by atoms with Gasteiger partial charge in [-0.3, -0.25) is 4.79 Å². The molecule has 1 atom stereocenters. The Morgan fingerprint density at radius 2 is 1.77 bits per heavy atom. The summed E-state index contributed by atoms with van der Waals surface area (Å²) in [6.45, 7) is -0.153. The maximum Gasteiger partial charge on any atom is 0.243 e. The van der Waals surface area contributed by atoms with Crippen LogP contribution in [0.3, 0.4) is 0 Å². The van der Waals surface area contributed by atoms with Crippen LogP contribution in [-0.4, -0.2) is 43.7 Å². The van der Waals surface area contributed by atoms with Gasteiger partial charge in [0, 0.05) is 28.0 Å². The van der Waals surface area contributed by atoms with E-state index in [2.05, 4.69) is 0 Å². The van der Waals surface area contributed by atoms with Crippen LogP contribution >= 0.6 is 34.5 Å². The van der Waals surface area contributed by atoms with Gasteiger partial charge in [-0.05, 0) is 83.1 Å². The Hall–Kier alpha value is -2.95. The molecule has 4 aromatic rings. The number of benzene rings is 3. The third-order valence-corrected chi connectivity index (χ3v) is 10.2. The lowest BCUT2D eigenvalue weighted by Crippen LogP contribution is -2.46. The highest BCUT2D eigenvalue weighted by molar-refractivity contribution is 7.89. The number of amides is 1. The minimum absolute atomic E-state index is 0.0132. The summed E-state index contributed by atoms with van der Waals surface area (Å²) >= 11 is 14.4. The normalized spacial score (nSPS) is 15.2. The van der Waals surface area contributed by atoms with Gasteiger partial charge in [0.1, 0.15) is 11.6 Å². The van der Waals surface area contributed by atoms with Crippen LogP contribution in [0.25, 0.3) is 0 Å². The molecular formula is C29H25Cl2FN2O4S2. The number of rotatable bonds is 8. The van der Waals surface area contributed by atoms with E-state index in [4.69, 9.17) is 27.9 Å². The zero-order chi connectivity index (χ0) is 28.4. The van der Waals surface area contributed by atoms with Crippen LogP contribution in [0.5, 0.6) is 5.75 Å². The Morgan fingerprint density at radius 1 is 1.05 bits per heavy atom. The molecule has 0 saturated carbocycles. The van der Waals surface area contributed by atoms with Crippen molar-refractivity contribution in [2.45, 2.75) is 23.9 Å². The number of nitrogens with zero attached hydrogens (tertiary/aromatic N) is 2. The maximum absolute atomic E-state index is 14.0. The van der Waals surface area contributed by atoms with Gasteiger partial charge in [-0.1, -0.05) is 41.4 Å². The van der Waals surface area contributed by atoms with Crippen molar-refractivity contribution in [1.82, 2.24) is 9.21 Å². The van der Waals surface area contributed by atoms with Gasteiger partial charge in [0.2, 0.25) is 15.9 Å². The number of hydrogen-bond donors (Lipinski definition) is 0. The van der Waals surface area contributed by atoms with Crippen molar-refractivity contribution >= 4 is 50.5 Å². The van der Waals surface area contributed by atoms with E-state index in [9.17, 15) is 17.6 Å². The minimum atomic E-state index is -4.12. The number of thiophene rings is 1. The molecular weight excluding hydrogens is 594 g/mol. The molecule has 1 amide bonds. The predicted molar refractivity (Wildman–Crippen MR) is 155 cm³/mol. The monoisotopic (exact) mass is 618 g/mol. The molecule has 0 bridgehead atoms. The first-order valence-electron chi connectivity index (χ1n) is 12.4. The van der Waals surface area contributed by atoms with E-state index in [0.29, 0.717) is 39.9 Å². The van der Waals surface area contributed by atoms with Gasteiger partial charge in [0.05, 0.1) is 24.6 Å². The van der Waals surface area contributed by atoms with Gasteiger partial charge in [-0.2, -0.15) is 4.31 Å². The zero-order valence-electron chi connectivity index (χ0n) is 21.4. The average molecular weight is 620 g/mol. The van der Waals surface area contributed by atoms with Gasteiger partial charge in [-0.15, -0.1) is 11.3 Å². The maximum atomic E-state index is 14.0. The Bertz CT molecular complexity index is 1630. The lowest BCUT2D eigenvalue weighted by atomic mass is 9.93. The Labute approximate surface area is 246 Å². The number of methoxy groups -OCH3 is 1. The molecule has 0 radical (unpaired) electrons. The average Bonchev–Trinajstić information content (AvgIpc) is 3.43. The Kier molecular flexibility index (Phi) is 8.49. The second-order valence-corrected chi connectivity index (χ2v) is 13.1. The molecule has 5 rings (SSSR count). The van der Waals surface area contributed by atoms with Crippen LogP contribution < -0.4 is 4.74 Å². The number of halogens is 3. The van der Waals surface area contributed by atoms with Crippen LogP contribution in [0, 0.1) is 5.82 Å². The second kappa shape index (κ2) is 11.9. The largest absolute Gasteiger partial charge is 0.497 e. The van der Waals surface area contributed by atoms with E-state index < -0.39 is 28.4 Å². The topological polar surface area (TPSA) is 66.9 Å². The summed E-state index contributed by atoms with van der Waals surface area (Å²) in [6, 6.07) is 18.1. The summed E-state index contributed by atoms with van der Waals surface area (Å²) in [7, 11) is -2.63. The molecule has 1 aliphatic rings. The highest BCUT2D eigenvalue weighted by atomic mass is 35.5.